The third-order valence-corrected chi connectivity index (χ3v) is 1.95. The summed E-state index contributed by atoms with van der Waals surface area (Å²) in [5.74, 6) is 0. The van der Waals surface area contributed by atoms with Crippen molar-refractivity contribution < 1.29 is 9.84 Å². The summed E-state index contributed by atoms with van der Waals surface area (Å²) in [7, 11) is 1.72. The van der Waals surface area contributed by atoms with Gasteiger partial charge in [0.25, 0.3) is 0 Å². The van der Waals surface area contributed by atoms with Gasteiger partial charge in [0, 0.05) is 19.7 Å². The monoisotopic (exact) mass is 175 g/mol. The van der Waals surface area contributed by atoms with Crippen LogP contribution in [0.2, 0.25) is 0 Å². The highest BCUT2D eigenvalue weighted by molar-refractivity contribution is 4.74. The minimum Gasteiger partial charge on any atom is -0.395 e. The Labute approximate surface area is 75.1 Å². The second-order valence-corrected chi connectivity index (χ2v) is 3.75. The molecular formula is C9H21NO2. The lowest BCUT2D eigenvalue weighted by Crippen LogP contribution is -2.36. The van der Waals surface area contributed by atoms with Gasteiger partial charge in [-0.25, -0.2) is 0 Å². The number of hydrogen-bond donors (Lipinski definition) is 2. The average molecular weight is 175 g/mol. The quantitative estimate of drug-likeness (QED) is 0.626. The zero-order valence-corrected chi connectivity index (χ0v) is 8.55. The molecule has 1 atom stereocenters. The van der Waals surface area contributed by atoms with Crippen molar-refractivity contribution in [2.75, 3.05) is 20.3 Å². The van der Waals surface area contributed by atoms with Crippen LogP contribution in [-0.4, -0.2) is 37.0 Å². The highest BCUT2D eigenvalue weighted by atomic mass is 16.5. The van der Waals surface area contributed by atoms with Gasteiger partial charge in [-0.15, -0.1) is 0 Å². The highest BCUT2D eigenvalue weighted by Crippen LogP contribution is 2.14. The molecule has 0 aliphatic rings. The Morgan fingerprint density at radius 2 is 2.08 bits per heavy atom. The Hall–Kier alpha value is -0.120. The standard InChI is InChI=1S/C9H21NO2/c1-8(10-5-6-11)7-9(2,3)12-4/h8,10-11H,5-7H2,1-4H3. The van der Waals surface area contributed by atoms with Crippen LogP contribution in [0.3, 0.4) is 0 Å². The van der Waals surface area contributed by atoms with E-state index in [9.17, 15) is 0 Å². The summed E-state index contributed by atoms with van der Waals surface area (Å²) in [5.41, 5.74) is -0.0815. The van der Waals surface area contributed by atoms with Gasteiger partial charge in [0.15, 0.2) is 0 Å². The summed E-state index contributed by atoms with van der Waals surface area (Å²) in [4.78, 5) is 0. The fraction of sp³-hybridized carbons (Fsp3) is 1.00. The van der Waals surface area contributed by atoms with Crippen molar-refractivity contribution in [2.24, 2.45) is 0 Å². The predicted molar refractivity (Wildman–Crippen MR) is 50.3 cm³/mol. The van der Waals surface area contributed by atoms with E-state index in [4.69, 9.17) is 9.84 Å². The van der Waals surface area contributed by atoms with Crippen molar-refractivity contribution in [1.29, 1.82) is 0 Å². The van der Waals surface area contributed by atoms with Crippen LogP contribution in [0.15, 0.2) is 0 Å². The van der Waals surface area contributed by atoms with Gasteiger partial charge in [-0.05, 0) is 27.2 Å². The van der Waals surface area contributed by atoms with E-state index in [1.807, 2.05) is 0 Å². The zero-order valence-electron chi connectivity index (χ0n) is 8.55. The van der Waals surface area contributed by atoms with Crippen molar-refractivity contribution in [3.8, 4) is 0 Å². The predicted octanol–water partition coefficient (Wildman–Crippen LogP) is 0.772. The fourth-order valence-electron chi connectivity index (χ4n) is 1.20. The first kappa shape index (κ1) is 11.9. The molecular weight excluding hydrogens is 154 g/mol. The molecule has 0 aliphatic carbocycles. The molecule has 0 heterocycles. The van der Waals surface area contributed by atoms with Crippen LogP contribution in [0, 0.1) is 0 Å². The molecule has 12 heavy (non-hydrogen) atoms. The molecule has 0 rings (SSSR count). The molecule has 0 aromatic rings. The first-order valence-electron chi connectivity index (χ1n) is 4.41. The third-order valence-electron chi connectivity index (χ3n) is 1.95. The fourth-order valence-corrected chi connectivity index (χ4v) is 1.20. The molecule has 3 nitrogen and oxygen atoms in total. The van der Waals surface area contributed by atoms with Crippen molar-refractivity contribution in [3.05, 3.63) is 0 Å². The molecule has 0 bridgehead atoms. The molecule has 0 spiro atoms. The molecule has 0 fully saturated rings. The third kappa shape index (κ3) is 5.52. The molecule has 0 aromatic carbocycles. The number of nitrogens with one attached hydrogen (secondary N) is 1. The van der Waals surface area contributed by atoms with E-state index in [0.29, 0.717) is 12.6 Å². The first-order chi connectivity index (χ1) is 5.52. The van der Waals surface area contributed by atoms with Crippen LogP contribution in [0.1, 0.15) is 27.2 Å². The van der Waals surface area contributed by atoms with Gasteiger partial charge >= 0.3 is 0 Å². The highest BCUT2D eigenvalue weighted by Gasteiger charge is 2.19. The van der Waals surface area contributed by atoms with E-state index in [2.05, 4.69) is 26.1 Å². The number of aliphatic hydroxyl groups is 1. The summed E-state index contributed by atoms with van der Waals surface area (Å²) < 4.78 is 5.29. The molecule has 3 heteroatoms. The summed E-state index contributed by atoms with van der Waals surface area (Å²) in [6.07, 6.45) is 0.948. The van der Waals surface area contributed by atoms with E-state index >= 15 is 0 Å². The second kappa shape index (κ2) is 5.51. The normalized spacial score (nSPS) is 14.8. The first-order valence-corrected chi connectivity index (χ1v) is 4.41. The van der Waals surface area contributed by atoms with E-state index in [1.54, 1.807) is 7.11 Å². The maximum Gasteiger partial charge on any atom is 0.0637 e. The Bertz CT molecular complexity index is 115. The SMILES string of the molecule is COC(C)(C)CC(C)NCCO. The zero-order chi connectivity index (χ0) is 9.61. The topological polar surface area (TPSA) is 41.5 Å². The van der Waals surface area contributed by atoms with Gasteiger partial charge in [0.1, 0.15) is 0 Å². The van der Waals surface area contributed by atoms with Crippen molar-refractivity contribution in [1.82, 2.24) is 5.32 Å². The van der Waals surface area contributed by atoms with Crippen molar-refractivity contribution in [3.63, 3.8) is 0 Å². The lowest BCUT2D eigenvalue weighted by molar-refractivity contribution is 0.00831. The second-order valence-electron chi connectivity index (χ2n) is 3.75. The number of ether oxygens (including phenoxy) is 1. The lowest BCUT2D eigenvalue weighted by Gasteiger charge is -2.26. The van der Waals surface area contributed by atoms with Crippen LogP contribution >= 0.6 is 0 Å². The molecule has 0 saturated heterocycles. The molecule has 0 aliphatic heterocycles. The summed E-state index contributed by atoms with van der Waals surface area (Å²) in [5, 5.41) is 11.8. The summed E-state index contributed by atoms with van der Waals surface area (Å²) in [6.45, 7) is 7.06. The Morgan fingerprint density at radius 3 is 2.50 bits per heavy atom. The van der Waals surface area contributed by atoms with Crippen LogP contribution in [0.25, 0.3) is 0 Å². The van der Waals surface area contributed by atoms with Crippen LogP contribution in [0.4, 0.5) is 0 Å². The van der Waals surface area contributed by atoms with E-state index in [0.717, 1.165) is 6.42 Å². The van der Waals surface area contributed by atoms with Gasteiger partial charge in [0.05, 0.1) is 12.2 Å². The van der Waals surface area contributed by atoms with E-state index in [-0.39, 0.29) is 12.2 Å². The lowest BCUT2D eigenvalue weighted by atomic mass is 10.00. The van der Waals surface area contributed by atoms with Gasteiger partial charge in [-0.2, -0.15) is 0 Å². The number of methoxy groups -OCH3 is 1. The maximum absolute atomic E-state index is 8.58. The molecule has 2 N–H and O–H groups in total. The number of aliphatic hydroxyl groups excluding tert-OH is 1. The number of rotatable bonds is 6. The van der Waals surface area contributed by atoms with Crippen LogP contribution in [-0.2, 0) is 4.74 Å². The smallest absolute Gasteiger partial charge is 0.0637 e. The van der Waals surface area contributed by atoms with Crippen LogP contribution in [0.5, 0.6) is 0 Å². The Balaban J connectivity index is 3.60. The van der Waals surface area contributed by atoms with Gasteiger partial charge in [-0.3, -0.25) is 0 Å². The van der Waals surface area contributed by atoms with Gasteiger partial charge in [0.2, 0.25) is 0 Å². The Kier molecular flexibility index (Phi) is 5.46. The molecule has 0 saturated carbocycles. The van der Waals surface area contributed by atoms with Crippen molar-refractivity contribution in [2.45, 2.75) is 38.8 Å². The van der Waals surface area contributed by atoms with Crippen molar-refractivity contribution >= 4 is 0 Å². The maximum atomic E-state index is 8.58. The molecule has 74 valence electrons. The number of hydrogen-bond acceptors (Lipinski definition) is 3. The Morgan fingerprint density at radius 1 is 1.50 bits per heavy atom. The molecule has 0 radical (unpaired) electrons. The summed E-state index contributed by atoms with van der Waals surface area (Å²) in [6, 6.07) is 0.382. The molecule has 0 aromatic heterocycles. The minimum atomic E-state index is -0.0815. The minimum absolute atomic E-state index is 0.0815. The summed E-state index contributed by atoms with van der Waals surface area (Å²) >= 11 is 0. The average Bonchev–Trinajstić information content (AvgIpc) is 2.00. The van der Waals surface area contributed by atoms with E-state index in [1.165, 1.54) is 0 Å². The molecule has 1 unspecified atom stereocenters. The van der Waals surface area contributed by atoms with Crippen LogP contribution < -0.4 is 5.32 Å². The van der Waals surface area contributed by atoms with Gasteiger partial charge in [-0.1, -0.05) is 0 Å². The molecule has 0 amide bonds. The largest absolute Gasteiger partial charge is 0.395 e. The van der Waals surface area contributed by atoms with E-state index < -0.39 is 0 Å². The van der Waals surface area contributed by atoms with Gasteiger partial charge < -0.3 is 15.2 Å².